The van der Waals surface area contributed by atoms with E-state index in [1.54, 1.807) is 38.1 Å². The van der Waals surface area contributed by atoms with Crippen LogP contribution in [0.15, 0.2) is 24.3 Å². The van der Waals surface area contributed by atoms with Crippen molar-refractivity contribution in [2.75, 3.05) is 13.2 Å². The Bertz CT molecular complexity index is 557. The van der Waals surface area contributed by atoms with Crippen molar-refractivity contribution in [3.63, 3.8) is 0 Å². The minimum atomic E-state index is -0.574. The van der Waals surface area contributed by atoms with Crippen LogP contribution in [0, 0.1) is 23.7 Å². The minimum absolute atomic E-state index is 0.290. The summed E-state index contributed by atoms with van der Waals surface area (Å²) in [5.74, 6) is 8.92. The zero-order valence-corrected chi connectivity index (χ0v) is 11.4. The van der Waals surface area contributed by atoms with Gasteiger partial charge in [-0.2, -0.15) is 0 Å². The first-order valence-corrected chi connectivity index (χ1v) is 6.13. The fourth-order valence-corrected chi connectivity index (χ4v) is 1.26. The lowest BCUT2D eigenvalue weighted by molar-refractivity contribution is -0.137. The van der Waals surface area contributed by atoms with Crippen LogP contribution in [0.2, 0.25) is 0 Å². The maximum atomic E-state index is 11.1. The highest BCUT2D eigenvalue weighted by atomic mass is 16.5. The number of ether oxygens (including phenoxy) is 2. The van der Waals surface area contributed by atoms with Gasteiger partial charge in [0.15, 0.2) is 0 Å². The molecular weight excluding hydrogens is 256 g/mol. The summed E-state index contributed by atoms with van der Waals surface area (Å²) in [5, 5.41) is 0. The van der Waals surface area contributed by atoms with Crippen LogP contribution in [0.3, 0.4) is 0 Å². The smallest absolute Gasteiger partial charge is 0.384 e. The predicted molar refractivity (Wildman–Crippen MR) is 73.5 cm³/mol. The monoisotopic (exact) mass is 270 g/mol. The molecule has 20 heavy (non-hydrogen) atoms. The quantitative estimate of drug-likeness (QED) is 0.604. The molecule has 0 bridgehead atoms. The highest BCUT2D eigenvalue weighted by Gasteiger charge is 1.95. The van der Waals surface area contributed by atoms with E-state index >= 15 is 0 Å². The molecule has 0 spiro atoms. The van der Waals surface area contributed by atoms with E-state index in [-0.39, 0.29) is 0 Å². The van der Waals surface area contributed by atoms with Crippen molar-refractivity contribution in [2.45, 2.75) is 13.8 Å². The van der Waals surface area contributed by atoms with Gasteiger partial charge in [-0.15, -0.1) is 0 Å². The van der Waals surface area contributed by atoms with E-state index in [1.165, 1.54) is 0 Å². The van der Waals surface area contributed by atoms with Crippen LogP contribution in [-0.2, 0) is 19.1 Å². The SMILES string of the molecule is CCOC(=O)C#Cc1cccc(C#CC(=O)OCC)c1. The zero-order valence-electron chi connectivity index (χ0n) is 11.4. The van der Waals surface area contributed by atoms with E-state index in [4.69, 9.17) is 9.47 Å². The molecular formula is C16H14O4. The van der Waals surface area contributed by atoms with E-state index < -0.39 is 11.9 Å². The highest BCUT2D eigenvalue weighted by Crippen LogP contribution is 2.02. The van der Waals surface area contributed by atoms with Crippen molar-refractivity contribution in [1.29, 1.82) is 0 Å². The summed E-state index contributed by atoms with van der Waals surface area (Å²) in [6.07, 6.45) is 0. The van der Waals surface area contributed by atoms with Crippen molar-refractivity contribution < 1.29 is 19.1 Å². The lowest BCUT2D eigenvalue weighted by Gasteiger charge is -1.94. The standard InChI is InChI=1S/C16H14O4/c1-3-19-15(17)10-8-13-6-5-7-14(12-13)9-11-16(18)20-4-2/h5-7,12H,3-4H2,1-2H3. The van der Waals surface area contributed by atoms with Gasteiger partial charge in [-0.25, -0.2) is 9.59 Å². The number of hydrogen-bond donors (Lipinski definition) is 0. The summed E-state index contributed by atoms with van der Waals surface area (Å²) in [5.41, 5.74) is 1.24. The third-order valence-corrected chi connectivity index (χ3v) is 2.03. The van der Waals surface area contributed by atoms with E-state index in [9.17, 15) is 9.59 Å². The lowest BCUT2D eigenvalue weighted by atomic mass is 10.1. The summed E-state index contributed by atoms with van der Waals surface area (Å²) in [7, 11) is 0. The molecule has 0 heterocycles. The molecule has 0 aliphatic carbocycles. The van der Waals surface area contributed by atoms with Crippen LogP contribution in [0.4, 0.5) is 0 Å². The Hall–Kier alpha value is -2.72. The molecule has 102 valence electrons. The third-order valence-electron chi connectivity index (χ3n) is 2.03. The van der Waals surface area contributed by atoms with Crippen LogP contribution in [0.25, 0.3) is 0 Å². The van der Waals surface area contributed by atoms with Gasteiger partial charge in [-0.3, -0.25) is 0 Å². The number of rotatable bonds is 2. The Morgan fingerprint density at radius 3 is 1.80 bits per heavy atom. The number of carbonyl (C=O) groups is 2. The molecule has 0 aromatic heterocycles. The second-order valence-corrected chi connectivity index (χ2v) is 3.52. The van der Waals surface area contributed by atoms with E-state index in [0.29, 0.717) is 24.3 Å². The molecule has 0 atom stereocenters. The molecule has 4 nitrogen and oxygen atoms in total. The van der Waals surface area contributed by atoms with Gasteiger partial charge in [0.1, 0.15) is 0 Å². The number of hydrogen-bond acceptors (Lipinski definition) is 4. The van der Waals surface area contributed by atoms with Gasteiger partial charge >= 0.3 is 11.9 Å². The first kappa shape index (κ1) is 15.3. The topological polar surface area (TPSA) is 52.6 Å². The molecule has 0 unspecified atom stereocenters. The number of esters is 2. The largest absolute Gasteiger partial charge is 0.456 e. The molecule has 0 aliphatic heterocycles. The first-order chi connectivity index (χ1) is 9.65. The highest BCUT2D eigenvalue weighted by molar-refractivity contribution is 5.89. The summed E-state index contributed by atoms with van der Waals surface area (Å²) in [6.45, 7) is 4.01. The van der Waals surface area contributed by atoms with E-state index in [0.717, 1.165) is 0 Å². The molecule has 0 saturated heterocycles. The van der Waals surface area contributed by atoms with Crippen LogP contribution in [0.5, 0.6) is 0 Å². The van der Waals surface area contributed by atoms with Gasteiger partial charge in [-0.05, 0) is 32.0 Å². The van der Waals surface area contributed by atoms with Crippen molar-refractivity contribution >= 4 is 11.9 Å². The van der Waals surface area contributed by atoms with Crippen molar-refractivity contribution in [2.24, 2.45) is 0 Å². The first-order valence-electron chi connectivity index (χ1n) is 6.13. The second kappa shape index (κ2) is 8.39. The Kier molecular flexibility index (Phi) is 6.44. The van der Waals surface area contributed by atoms with Crippen molar-refractivity contribution in [3.05, 3.63) is 35.4 Å². The third kappa shape index (κ3) is 5.75. The van der Waals surface area contributed by atoms with Crippen LogP contribution < -0.4 is 0 Å². The van der Waals surface area contributed by atoms with Gasteiger partial charge in [-0.1, -0.05) is 17.9 Å². The molecule has 1 rings (SSSR count). The number of carbonyl (C=O) groups excluding carboxylic acids is 2. The molecule has 0 fully saturated rings. The summed E-state index contributed by atoms with van der Waals surface area (Å²) < 4.78 is 9.40. The Balaban J connectivity index is 2.81. The fraction of sp³-hybridized carbons (Fsp3) is 0.250. The van der Waals surface area contributed by atoms with Crippen LogP contribution in [0.1, 0.15) is 25.0 Å². The average Bonchev–Trinajstić information content (AvgIpc) is 2.44. The summed E-state index contributed by atoms with van der Waals surface area (Å²) in [6, 6.07) is 6.90. The van der Waals surface area contributed by atoms with Crippen molar-refractivity contribution in [1.82, 2.24) is 0 Å². The number of benzene rings is 1. The summed E-state index contributed by atoms with van der Waals surface area (Å²) >= 11 is 0. The maximum Gasteiger partial charge on any atom is 0.384 e. The summed E-state index contributed by atoms with van der Waals surface area (Å²) in [4.78, 5) is 22.2. The fourth-order valence-electron chi connectivity index (χ4n) is 1.26. The maximum absolute atomic E-state index is 11.1. The Morgan fingerprint density at radius 2 is 1.40 bits per heavy atom. The van der Waals surface area contributed by atoms with Gasteiger partial charge < -0.3 is 9.47 Å². The molecule has 1 aromatic carbocycles. The van der Waals surface area contributed by atoms with Crippen LogP contribution in [-0.4, -0.2) is 25.2 Å². The van der Waals surface area contributed by atoms with E-state index in [2.05, 4.69) is 23.7 Å². The molecule has 1 aromatic rings. The molecule has 4 heteroatoms. The van der Waals surface area contributed by atoms with Gasteiger partial charge in [0.2, 0.25) is 0 Å². The average molecular weight is 270 g/mol. The molecule has 0 aliphatic rings. The predicted octanol–water partition coefficient (Wildman–Crippen LogP) is 1.52. The van der Waals surface area contributed by atoms with Gasteiger partial charge in [0.25, 0.3) is 0 Å². The molecule has 0 radical (unpaired) electrons. The van der Waals surface area contributed by atoms with Gasteiger partial charge in [0.05, 0.1) is 13.2 Å². The van der Waals surface area contributed by atoms with Crippen LogP contribution >= 0.6 is 0 Å². The Labute approximate surface area is 118 Å². The lowest BCUT2D eigenvalue weighted by Crippen LogP contribution is -1.99. The normalized spacial score (nSPS) is 8.50. The Morgan fingerprint density at radius 1 is 0.950 bits per heavy atom. The minimum Gasteiger partial charge on any atom is -0.456 e. The zero-order chi connectivity index (χ0) is 14.8. The molecule has 0 amide bonds. The molecule has 0 N–H and O–H groups in total. The second-order valence-electron chi connectivity index (χ2n) is 3.52. The molecule has 0 saturated carbocycles. The van der Waals surface area contributed by atoms with Gasteiger partial charge in [0, 0.05) is 23.0 Å². The van der Waals surface area contributed by atoms with E-state index in [1.807, 2.05) is 0 Å². The van der Waals surface area contributed by atoms with Crippen molar-refractivity contribution in [3.8, 4) is 23.7 Å².